The lowest BCUT2D eigenvalue weighted by molar-refractivity contribution is -0.123. The van der Waals surface area contributed by atoms with Crippen molar-refractivity contribution in [3.05, 3.63) is 65.4 Å². The maximum atomic E-state index is 13.7. The van der Waals surface area contributed by atoms with Gasteiger partial charge in [-0.05, 0) is 50.1 Å². The average Bonchev–Trinajstić information content (AvgIpc) is 3.21. The molecule has 6 heteroatoms. The summed E-state index contributed by atoms with van der Waals surface area (Å²) in [6.07, 6.45) is 3.44. The molecule has 1 fully saturated rings. The first-order chi connectivity index (χ1) is 13.1. The predicted molar refractivity (Wildman–Crippen MR) is 98.1 cm³/mol. The number of carbonyl (C=O) groups is 1. The molecule has 27 heavy (non-hydrogen) atoms. The number of amides is 1. The van der Waals surface area contributed by atoms with Gasteiger partial charge in [-0.25, -0.2) is 9.37 Å². The van der Waals surface area contributed by atoms with Gasteiger partial charge in [-0.1, -0.05) is 6.07 Å². The van der Waals surface area contributed by atoms with Crippen molar-refractivity contribution >= 4 is 11.6 Å². The van der Waals surface area contributed by atoms with E-state index >= 15 is 0 Å². The van der Waals surface area contributed by atoms with Crippen LogP contribution in [0.25, 0.3) is 5.65 Å². The number of aryl methyl sites for hydroxylation is 1. The number of hydrogen-bond donors (Lipinski definition) is 1. The quantitative estimate of drug-likeness (QED) is 0.776. The Morgan fingerprint density at radius 2 is 2.30 bits per heavy atom. The van der Waals surface area contributed by atoms with E-state index in [1.165, 1.54) is 12.1 Å². The van der Waals surface area contributed by atoms with Crippen molar-refractivity contribution in [3.63, 3.8) is 0 Å². The van der Waals surface area contributed by atoms with E-state index in [1.807, 2.05) is 35.7 Å². The van der Waals surface area contributed by atoms with Crippen LogP contribution in [0.3, 0.4) is 0 Å². The molecule has 0 radical (unpaired) electrons. The zero-order valence-electron chi connectivity index (χ0n) is 15.0. The fourth-order valence-electron chi connectivity index (χ4n) is 4.30. The number of rotatable bonds is 3. The summed E-state index contributed by atoms with van der Waals surface area (Å²) in [4.78, 5) is 17.3. The molecule has 1 amide bonds. The highest BCUT2D eigenvalue weighted by Crippen LogP contribution is 2.60. The summed E-state index contributed by atoms with van der Waals surface area (Å²) >= 11 is 0. The summed E-state index contributed by atoms with van der Waals surface area (Å²) in [6, 6.07) is 10.5. The number of pyridine rings is 1. The minimum atomic E-state index is -0.287. The number of ether oxygens (including phenoxy) is 1. The molecule has 2 aliphatic rings. The molecule has 1 N–H and O–H groups in total. The largest absolute Gasteiger partial charge is 0.493 e. The van der Waals surface area contributed by atoms with Crippen LogP contribution >= 0.6 is 0 Å². The number of nitrogens with zero attached hydrogens (tertiary/aromatic N) is 2. The number of nitrogens with one attached hydrogen (secondary N) is 1. The Hall–Kier alpha value is -2.89. The van der Waals surface area contributed by atoms with Crippen LogP contribution in [-0.2, 0) is 16.8 Å². The van der Waals surface area contributed by atoms with Crippen LogP contribution in [0.4, 0.5) is 4.39 Å². The van der Waals surface area contributed by atoms with Crippen molar-refractivity contribution in [3.8, 4) is 5.75 Å². The SMILES string of the molecule is Cc1cccc2nc(CNC(=O)[C@H]3C[C@@]34CCOc3ccc(F)cc34)cn12. The number of aromatic nitrogens is 2. The molecule has 0 unspecified atom stereocenters. The zero-order chi connectivity index (χ0) is 18.6. The Balaban J connectivity index is 1.32. The summed E-state index contributed by atoms with van der Waals surface area (Å²) < 4.78 is 21.4. The van der Waals surface area contributed by atoms with E-state index < -0.39 is 0 Å². The van der Waals surface area contributed by atoms with E-state index in [9.17, 15) is 9.18 Å². The highest BCUT2D eigenvalue weighted by molar-refractivity contribution is 5.84. The molecule has 1 spiro atoms. The van der Waals surface area contributed by atoms with E-state index in [2.05, 4.69) is 10.3 Å². The molecular weight excluding hydrogens is 345 g/mol. The Kier molecular flexibility index (Phi) is 3.50. The zero-order valence-corrected chi connectivity index (χ0v) is 15.0. The first-order valence-electron chi connectivity index (χ1n) is 9.21. The molecule has 5 rings (SSSR count). The van der Waals surface area contributed by atoms with Crippen molar-refractivity contribution in [2.75, 3.05) is 6.61 Å². The molecule has 1 saturated carbocycles. The highest BCUT2D eigenvalue weighted by atomic mass is 19.1. The third-order valence-corrected chi connectivity index (χ3v) is 5.87. The second-order valence-corrected chi connectivity index (χ2v) is 7.50. The number of imidazole rings is 1. The average molecular weight is 365 g/mol. The van der Waals surface area contributed by atoms with E-state index in [0.717, 1.165) is 35.4 Å². The van der Waals surface area contributed by atoms with Crippen molar-refractivity contribution in [1.29, 1.82) is 0 Å². The van der Waals surface area contributed by atoms with E-state index in [0.29, 0.717) is 18.9 Å². The van der Waals surface area contributed by atoms with Crippen LogP contribution in [0, 0.1) is 18.7 Å². The lowest BCUT2D eigenvalue weighted by Gasteiger charge is -2.26. The molecule has 1 aliphatic carbocycles. The number of halogens is 1. The highest BCUT2D eigenvalue weighted by Gasteiger charge is 2.61. The second kappa shape index (κ2) is 5.81. The van der Waals surface area contributed by atoms with Crippen LogP contribution < -0.4 is 10.1 Å². The van der Waals surface area contributed by atoms with Gasteiger partial charge in [-0.15, -0.1) is 0 Å². The van der Waals surface area contributed by atoms with Gasteiger partial charge in [0.25, 0.3) is 0 Å². The minimum Gasteiger partial charge on any atom is -0.493 e. The monoisotopic (exact) mass is 365 g/mol. The molecule has 0 bridgehead atoms. The van der Waals surface area contributed by atoms with Gasteiger partial charge in [0.1, 0.15) is 17.2 Å². The molecule has 3 heterocycles. The standard InChI is InChI=1S/C21H20FN3O2/c1-13-3-2-4-19-24-15(12-25(13)19)11-23-20(26)17-10-21(17)7-8-27-18-6-5-14(22)9-16(18)21/h2-6,9,12,17H,7-8,10-11H2,1H3,(H,23,26)/t17-,21-/m1/s1. The smallest absolute Gasteiger partial charge is 0.224 e. The van der Waals surface area contributed by atoms with Crippen LogP contribution in [0.15, 0.2) is 42.6 Å². The molecular formula is C21H20FN3O2. The number of carbonyl (C=O) groups excluding carboxylic acids is 1. The van der Waals surface area contributed by atoms with Crippen molar-refractivity contribution in [2.24, 2.45) is 5.92 Å². The maximum Gasteiger partial charge on any atom is 0.224 e. The van der Waals surface area contributed by atoms with Crippen LogP contribution in [-0.4, -0.2) is 21.9 Å². The predicted octanol–water partition coefficient (Wildman–Crippen LogP) is 3.14. The maximum absolute atomic E-state index is 13.7. The minimum absolute atomic E-state index is 0.000823. The number of fused-ring (bicyclic) bond motifs is 3. The molecule has 1 aliphatic heterocycles. The normalized spacial score (nSPS) is 23.1. The topological polar surface area (TPSA) is 55.6 Å². The van der Waals surface area contributed by atoms with E-state index in [1.54, 1.807) is 6.07 Å². The third kappa shape index (κ3) is 2.59. The van der Waals surface area contributed by atoms with Crippen LogP contribution in [0.5, 0.6) is 5.75 Å². The van der Waals surface area contributed by atoms with E-state index in [-0.39, 0.29) is 23.1 Å². The summed E-state index contributed by atoms with van der Waals surface area (Å²) in [7, 11) is 0. The van der Waals surface area contributed by atoms with Gasteiger partial charge in [0.15, 0.2) is 0 Å². The Morgan fingerprint density at radius 3 is 3.15 bits per heavy atom. The van der Waals surface area contributed by atoms with Crippen molar-refractivity contribution in [2.45, 2.75) is 31.7 Å². The van der Waals surface area contributed by atoms with Gasteiger partial charge in [0.2, 0.25) is 5.91 Å². The summed E-state index contributed by atoms with van der Waals surface area (Å²) in [5, 5.41) is 3.01. The summed E-state index contributed by atoms with van der Waals surface area (Å²) in [5.41, 5.74) is 3.34. The Bertz CT molecular complexity index is 1060. The number of hydrogen-bond acceptors (Lipinski definition) is 3. The van der Waals surface area contributed by atoms with Crippen molar-refractivity contribution < 1.29 is 13.9 Å². The lowest BCUT2D eigenvalue weighted by Crippen LogP contribution is -2.30. The summed E-state index contributed by atoms with van der Waals surface area (Å²) in [6.45, 7) is 2.97. The molecule has 2 atom stereocenters. The fraction of sp³-hybridized carbons (Fsp3) is 0.333. The van der Waals surface area contributed by atoms with Gasteiger partial charge >= 0.3 is 0 Å². The second-order valence-electron chi connectivity index (χ2n) is 7.50. The fourth-order valence-corrected chi connectivity index (χ4v) is 4.30. The van der Waals surface area contributed by atoms with Gasteiger partial charge in [-0.3, -0.25) is 4.79 Å². The Morgan fingerprint density at radius 1 is 1.41 bits per heavy atom. The molecule has 1 aromatic carbocycles. The molecule has 2 aromatic heterocycles. The first kappa shape index (κ1) is 16.3. The number of benzene rings is 1. The van der Waals surface area contributed by atoms with Gasteiger partial charge in [0.05, 0.1) is 18.8 Å². The molecule has 3 aromatic rings. The van der Waals surface area contributed by atoms with Gasteiger partial charge in [-0.2, -0.15) is 0 Å². The van der Waals surface area contributed by atoms with Gasteiger partial charge in [0, 0.05) is 28.8 Å². The lowest BCUT2D eigenvalue weighted by atomic mass is 9.87. The van der Waals surface area contributed by atoms with Gasteiger partial charge < -0.3 is 14.5 Å². The Labute approximate surface area is 156 Å². The summed E-state index contributed by atoms with van der Waals surface area (Å²) in [5.74, 6) is 0.278. The molecule has 138 valence electrons. The molecule has 5 nitrogen and oxygen atoms in total. The first-order valence-corrected chi connectivity index (χ1v) is 9.21. The van der Waals surface area contributed by atoms with Crippen LogP contribution in [0.2, 0.25) is 0 Å². The molecule has 0 saturated heterocycles. The van der Waals surface area contributed by atoms with Crippen molar-refractivity contribution in [1.82, 2.24) is 14.7 Å². The van der Waals surface area contributed by atoms with E-state index in [4.69, 9.17) is 4.74 Å². The van der Waals surface area contributed by atoms with Crippen LogP contribution in [0.1, 0.15) is 29.8 Å². The third-order valence-electron chi connectivity index (χ3n) is 5.87.